The number of halogens is 4. The zero-order valence-electron chi connectivity index (χ0n) is 16.5. The normalized spacial score (nSPS) is 14.2. The number of pyridine rings is 1. The van der Waals surface area contributed by atoms with Crippen LogP contribution in [-0.4, -0.2) is 30.6 Å². The molecule has 0 bridgehead atoms. The molecule has 3 heterocycles. The van der Waals surface area contributed by atoms with Crippen LogP contribution in [-0.2, 0) is 12.1 Å². The molecule has 0 radical (unpaired) electrons. The number of aliphatic hydroxyl groups is 1. The van der Waals surface area contributed by atoms with Crippen molar-refractivity contribution in [3.8, 4) is 5.69 Å². The van der Waals surface area contributed by atoms with E-state index in [4.69, 9.17) is 0 Å². The first-order chi connectivity index (χ1) is 15.3. The zero-order chi connectivity index (χ0) is 22.5. The van der Waals surface area contributed by atoms with E-state index in [1.165, 1.54) is 70.3 Å². The summed E-state index contributed by atoms with van der Waals surface area (Å²) in [6, 6.07) is 12.8. The van der Waals surface area contributed by atoms with E-state index >= 15 is 0 Å². The van der Waals surface area contributed by atoms with Crippen molar-refractivity contribution in [1.82, 2.24) is 19.3 Å². The van der Waals surface area contributed by atoms with Gasteiger partial charge >= 0.3 is 6.18 Å². The van der Waals surface area contributed by atoms with Gasteiger partial charge in [-0.25, -0.2) is 9.07 Å². The van der Waals surface area contributed by atoms with E-state index in [1.807, 2.05) is 0 Å². The van der Waals surface area contributed by atoms with Gasteiger partial charge in [-0.2, -0.15) is 18.3 Å². The first-order valence-electron chi connectivity index (χ1n) is 9.68. The lowest BCUT2D eigenvalue weighted by Gasteiger charge is -2.31. The number of fused-ring (bicyclic) bond motifs is 2. The van der Waals surface area contributed by atoms with Crippen LogP contribution >= 0.6 is 0 Å². The Bertz CT molecular complexity index is 1420. The van der Waals surface area contributed by atoms with Gasteiger partial charge in [0, 0.05) is 29.4 Å². The van der Waals surface area contributed by atoms with E-state index in [0.717, 1.165) is 0 Å². The van der Waals surface area contributed by atoms with Crippen molar-refractivity contribution >= 4 is 21.8 Å². The highest BCUT2D eigenvalue weighted by Crippen LogP contribution is 2.42. The largest absolute Gasteiger partial charge is 0.423 e. The Morgan fingerprint density at radius 1 is 0.875 bits per heavy atom. The van der Waals surface area contributed by atoms with E-state index in [1.54, 1.807) is 18.3 Å². The maximum absolute atomic E-state index is 14.2. The van der Waals surface area contributed by atoms with Crippen LogP contribution in [0.4, 0.5) is 17.6 Å². The summed E-state index contributed by atoms with van der Waals surface area (Å²) in [5.74, 6) is -0.406. The molecule has 0 spiro atoms. The average molecular weight is 440 g/mol. The quantitative estimate of drug-likeness (QED) is 0.402. The van der Waals surface area contributed by atoms with Crippen LogP contribution in [0.3, 0.4) is 0 Å². The van der Waals surface area contributed by atoms with E-state index < -0.39 is 24.1 Å². The molecule has 0 saturated heterocycles. The third kappa shape index (κ3) is 3.21. The molecular weight excluding hydrogens is 424 g/mol. The van der Waals surface area contributed by atoms with Gasteiger partial charge in [-0.1, -0.05) is 6.07 Å². The highest BCUT2D eigenvalue weighted by atomic mass is 19.4. The van der Waals surface area contributed by atoms with Crippen molar-refractivity contribution in [1.29, 1.82) is 0 Å². The van der Waals surface area contributed by atoms with Crippen molar-refractivity contribution < 1.29 is 22.7 Å². The molecule has 162 valence electrons. The van der Waals surface area contributed by atoms with Crippen LogP contribution < -0.4 is 0 Å². The first-order valence-corrected chi connectivity index (χ1v) is 9.68. The first kappa shape index (κ1) is 20.2. The third-order valence-corrected chi connectivity index (χ3v) is 5.56. The SMILES string of the molecule is OC(Cn1ccc2cnccc21)(c1ccc2c(cnn2-c2ccc(F)cc2)c1)C(F)(F)F. The predicted molar refractivity (Wildman–Crippen MR) is 111 cm³/mol. The molecule has 5 rings (SSSR count). The van der Waals surface area contributed by atoms with E-state index in [-0.39, 0.29) is 5.56 Å². The average Bonchev–Trinajstić information content (AvgIpc) is 3.37. The summed E-state index contributed by atoms with van der Waals surface area (Å²) in [5, 5.41) is 16.2. The number of nitrogens with zero attached hydrogens (tertiary/aromatic N) is 4. The summed E-state index contributed by atoms with van der Waals surface area (Å²) in [4.78, 5) is 3.97. The monoisotopic (exact) mass is 440 g/mol. The maximum Gasteiger partial charge on any atom is 0.423 e. The number of hydrogen-bond donors (Lipinski definition) is 1. The molecule has 0 saturated carbocycles. The predicted octanol–water partition coefficient (Wildman–Crippen LogP) is 4.96. The van der Waals surface area contributed by atoms with Crippen molar-refractivity contribution in [3.63, 3.8) is 0 Å². The van der Waals surface area contributed by atoms with Gasteiger partial charge < -0.3 is 9.67 Å². The summed E-state index contributed by atoms with van der Waals surface area (Å²) in [5.41, 5.74) is -1.80. The molecule has 1 unspecified atom stereocenters. The van der Waals surface area contributed by atoms with Crippen LogP contribution in [0.2, 0.25) is 0 Å². The summed E-state index contributed by atoms with van der Waals surface area (Å²) >= 11 is 0. The summed E-state index contributed by atoms with van der Waals surface area (Å²) in [7, 11) is 0. The summed E-state index contributed by atoms with van der Waals surface area (Å²) in [6.45, 7) is -0.721. The topological polar surface area (TPSA) is 55.9 Å². The van der Waals surface area contributed by atoms with Gasteiger partial charge in [-0.15, -0.1) is 0 Å². The molecule has 9 heteroatoms. The summed E-state index contributed by atoms with van der Waals surface area (Å²) < 4.78 is 58.6. The third-order valence-electron chi connectivity index (χ3n) is 5.56. The minimum Gasteiger partial charge on any atom is -0.375 e. The van der Waals surface area contributed by atoms with Gasteiger partial charge in [0.2, 0.25) is 5.60 Å². The molecule has 1 N–H and O–H groups in total. The van der Waals surface area contributed by atoms with Crippen LogP contribution in [0.15, 0.2) is 79.4 Å². The fourth-order valence-electron chi connectivity index (χ4n) is 3.85. The van der Waals surface area contributed by atoms with E-state index in [0.29, 0.717) is 27.5 Å². The highest BCUT2D eigenvalue weighted by molar-refractivity contribution is 5.81. The number of aromatic nitrogens is 4. The lowest BCUT2D eigenvalue weighted by Crippen LogP contribution is -2.45. The fraction of sp³-hybridized carbons (Fsp3) is 0.130. The molecule has 0 fully saturated rings. The highest BCUT2D eigenvalue weighted by Gasteiger charge is 2.55. The van der Waals surface area contributed by atoms with Gasteiger partial charge in [0.25, 0.3) is 0 Å². The zero-order valence-corrected chi connectivity index (χ0v) is 16.5. The Balaban J connectivity index is 1.59. The maximum atomic E-state index is 14.2. The van der Waals surface area contributed by atoms with Gasteiger partial charge in [0.15, 0.2) is 0 Å². The minimum absolute atomic E-state index is 0.299. The molecule has 0 aliphatic heterocycles. The van der Waals surface area contributed by atoms with Gasteiger partial charge in [0.05, 0.1) is 29.5 Å². The van der Waals surface area contributed by atoms with Crippen LogP contribution in [0, 0.1) is 5.82 Å². The number of benzene rings is 2. The second-order valence-corrected chi connectivity index (χ2v) is 7.54. The Morgan fingerprint density at radius 3 is 2.41 bits per heavy atom. The van der Waals surface area contributed by atoms with Crippen molar-refractivity contribution in [2.24, 2.45) is 0 Å². The standard InChI is InChI=1S/C23H16F4N4O/c24-18-2-4-19(5-3-18)31-21-6-1-17(11-16(21)13-29-31)22(32,23(25,26)27)14-30-10-8-15-12-28-9-7-20(15)30/h1-13,32H,14H2. The Morgan fingerprint density at radius 2 is 1.66 bits per heavy atom. The molecule has 3 aromatic heterocycles. The molecule has 1 atom stereocenters. The Hall–Kier alpha value is -3.72. The fourth-order valence-corrected chi connectivity index (χ4v) is 3.85. The van der Waals surface area contributed by atoms with Crippen LogP contribution in [0.25, 0.3) is 27.5 Å². The number of alkyl halides is 3. The Kier molecular flexibility index (Phi) is 4.52. The second-order valence-electron chi connectivity index (χ2n) is 7.54. The molecule has 32 heavy (non-hydrogen) atoms. The molecule has 0 amide bonds. The van der Waals surface area contributed by atoms with Crippen molar-refractivity contribution in [3.05, 3.63) is 90.8 Å². The van der Waals surface area contributed by atoms with Gasteiger partial charge in [-0.3, -0.25) is 4.98 Å². The van der Waals surface area contributed by atoms with Gasteiger partial charge in [0.1, 0.15) is 5.82 Å². The molecule has 5 aromatic rings. The van der Waals surface area contributed by atoms with Crippen LogP contribution in [0.1, 0.15) is 5.56 Å². The smallest absolute Gasteiger partial charge is 0.375 e. The van der Waals surface area contributed by atoms with Crippen molar-refractivity contribution in [2.75, 3.05) is 0 Å². The lowest BCUT2D eigenvalue weighted by atomic mass is 9.92. The molecular formula is C23H16F4N4O. The lowest BCUT2D eigenvalue weighted by molar-refractivity contribution is -0.271. The molecule has 0 aliphatic carbocycles. The van der Waals surface area contributed by atoms with E-state index in [2.05, 4.69) is 10.1 Å². The number of rotatable bonds is 4. The van der Waals surface area contributed by atoms with Gasteiger partial charge in [-0.05, 0) is 54.1 Å². The molecule has 5 nitrogen and oxygen atoms in total. The summed E-state index contributed by atoms with van der Waals surface area (Å²) in [6.07, 6.45) is 1.01. The molecule has 0 aliphatic rings. The second kappa shape index (κ2) is 7.16. The number of hydrogen-bond acceptors (Lipinski definition) is 3. The Labute approximate surface area is 179 Å². The minimum atomic E-state index is -4.93. The van der Waals surface area contributed by atoms with E-state index in [9.17, 15) is 22.7 Å². The molecule has 2 aromatic carbocycles. The van der Waals surface area contributed by atoms with Crippen LogP contribution in [0.5, 0.6) is 0 Å². The van der Waals surface area contributed by atoms with Crippen molar-refractivity contribution in [2.45, 2.75) is 18.3 Å².